The topological polar surface area (TPSA) is 36.7 Å². The molecule has 340 valence electrons. The smallest absolute Gasteiger partial charge is 0.310 e. The van der Waals surface area contributed by atoms with E-state index >= 15 is 4.79 Å². The van der Waals surface area contributed by atoms with E-state index in [-0.39, 0.29) is 11.6 Å². The van der Waals surface area contributed by atoms with Crippen molar-refractivity contribution < 1.29 is 0 Å². The summed E-state index contributed by atoms with van der Waals surface area (Å²) in [5.41, 5.74) is 14.3. The lowest BCUT2D eigenvalue weighted by atomic mass is 9.85. The summed E-state index contributed by atoms with van der Waals surface area (Å²) >= 11 is 0. The molecule has 1 atom stereocenters. The van der Waals surface area contributed by atoms with Crippen molar-refractivity contribution in [3.8, 4) is 11.4 Å². The van der Waals surface area contributed by atoms with Gasteiger partial charge in [-0.25, -0.2) is 4.79 Å². The number of allylic oxidation sites excluding steroid dienone is 4. The molecule has 11 rings (SSSR count). The van der Waals surface area contributed by atoms with E-state index in [2.05, 4.69) is 246 Å². The average Bonchev–Trinajstić information content (AvgIpc) is 3.72. The van der Waals surface area contributed by atoms with Crippen LogP contribution >= 0.6 is 0 Å². The second kappa shape index (κ2) is 19.8. The van der Waals surface area contributed by atoms with Gasteiger partial charge in [-0.2, -0.15) is 0 Å². The summed E-state index contributed by atoms with van der Waals surface area (Å²) in [5.74, 6) is 0.121. The predicted molar refractivity (Wildman–Crippen MR) is 292 cm³/mol. The molecule has 10 aromatic rings. The Bertz CT molecular complexity index is 3270. The van der Waals surface area contributed by atoms with Crippen LogP contribution in [0, 0.1) is 0 Å². The van der Waals surface area contributed by atoms with Crippen molar-refractivity contribution in [2.75, 3.05) is 14.7 Å². The lowest BCUT2D eigenvalue weighted by molar-refractivity contribution is 0.761. The second-order valence-corrected chi connectivity index (χ2v) is 17.6. The van der Waals surface area contributed by atoms with Crippen molar-refractivity contribution in [2.45, 2.75) is 32.1 Å². The zero-order chi connectivity index (χ0) is 47.2. The number of rotatable bonds is 14. The maximum absolute atomic E-state index is 16.1. The summed E-state index contributed by atoms with van der Waals surface area (Å²) in [5, 5.41) is 0. The molecule has 1 aliphatic carbocycles. The molecule has 6 heteroatoms. The number of para-hydroxylation sites is 8. The number of fused-ring (bicyclic) bond motifs is 1. The molecule has 0 aliphatic heterocycles. The second-order valence-electron chi connectivity index (χ2n) is 17.6. The van der Waals surface area contributed by atoms with Gasteiger partial charge >= 0.3 is 5.69 Å². The Kier molecular flexibility index (Phi) is 12.3. The first-order valence-electron chi connectivity index (χ1n) is 24.2. The van der Waals surface area contributed by atoms with Gasteiger partial charge in [0, 0.05) is 45.7 Å². The molecule has 0 unspecified atom stereocenters. The van der Waals surface area contributed by atoms with Crippen LogP contribution in [-0.2, 0) is 0 Å². The van der Waals surface area contributed by atoms with Crippen LogP contribution in [0.1, 0.15) is 37.7 Å². The van der Waals surface area contributed by atoms with Crippen LogP contribution in [-0.4, -0.2) is 9.13 Å². The van der Waals surface area contributed by atoms with E-state index in [0.29, 0.717) is 0 Å². The van der Waals surface area contributed by atoms with Crippen molar-refractivity contribution in [3.63, 3.8) is 0 Å². The van der Waals surface area contributed by atoms with Gasteiger partial charge in [-0.15, -0.1) is 0 Å². The highest BCUT2D eigenvalue weighted by Gasteiger charge is 2.25. The Hall–Kier alpha value is -8.87. The third-order valence-corrected chi connectivity index (χ3v) is 13.2. The Morgan fingerprint density at radius 3 is 1.09 bits per heavy atom. The van der Waals surface area contributed by atoms with Crippen LogP contribution in [0.5, 0.6) is 0 Å². The number of aromatic nitrogens is 2. The van der Waals surface area contributed by atoms with Gasteiger partial charge in [0.15, 0.2) is 0 Å². The highest BCUT2D eigenvalue weighted by atomic mass is 16.1. The van der Waals surface area contributed by atoms with Crippen LogP contribution in [0.2, 0.25) is 0 Å². The molecule has 0 bridgehead atoms. The monoisotopic (exact) mass is 907 g/mol. The van der Waals surface area contributed by atoms with Gasteiger partial charge in [-0.1, -0.05) is 146 Å². The largest absolute Gasteiger partial charge is 0.338 e. The molecular weight excluding hydrogens is 855 g/mol. The highest BCUT2D eigenvalue weighted by Crippen LogP contribution is 2.44. The fourth-order valence-corrected chi connectivity index (χ4v) is 10.1. The number of nitrogens with zero attached hydrogens (tertiary/aromatic N) is 5. The Morgan fingerprint density at radius 2 is 0.743 bits per heavy atom. The Morgan fingerprint density at radius 1 is 0.400 bits per heavy atom. The quantitative estimate of drug-likeness (QED) is 0.109. The van der Waals surface area contributed by atoms with Crippen LogP contribution in [0.4, 0.5) is 51.2 Å². The summed E-state index contributed by atoms with van der Waals surface area (Å²) < 4.78 is 3.81. The first-order chi connectivity index (χ1) is 34.6. The molecule has 0 amide bonds. The van der Waals surface area contributed by atoms with Gasteiger partial charge in [0.05, 0.1) is 33.8 Å². The molecular formula is C64H53N5O. The molecule has 70 heavy (non-hydrogen) atoms. The van der Waals surface area contributed by atoms with E-state index in [1.54, 1.807) is 0 Å². The predicted octanol–water partition coefficient (Wildman–Crippen LogP) is 17.0. The molecule has 0 fully saturated rings. The zero-order valence-electron chi connectivity index (χ0n) is 39.2. The molecule has 1 aromatic heterocycles. The van der Waals surface area contributed by atoms with Gasteiger partial charge in [-0.05, 0) is 152 Å². The third kappa shape index (κ3) is 8.63. The van der Waals surface area contributed by atoms with Gasteiger partial charge in [0.25, 0.3) is 0 Å². The number of hydrogen-bond donors (Lipinski definition) is 0. The summed E-state index contributed by atoms with van der Waals surface area (Å²) in [6.07, 6.45) is 9.93. The van der Waals surface area contributed by atoms with E-state index in [9.17, 15) is 0 Å². The summed E-state index contributed by atoms with van der Waals surface area (Å²) in [6, 6.07) is 84.2. The van der Waals surface area contributed by atoms with E-state index in [0.717, 1.165) is 98.4 Å². The molecule has 9 aromatic carbocycles. The van der Waals surface area contributed by atoms with Crippen molar-refractivity contribution in [1.82, 2.24) is 9.13 Å². The lowest BCUT2D eigenvalue weighted by Crippen LogP contribution is -2.23. The van der Waals surface area contributed by atoms with E-state index in [1.165, 1.54) is 5.57 Å². The maximum atomic E-state index is 16.1. The number of benzene rings is 9. The standard InChI is InChI=1S/C64H53N5O/c1-2-61(48-26-10-3-11-27-48)49-42-56(65(50-28-12-4-13-29-50)51-30-14-5-15-31-51)44-57(43-49)68-62-40-24-25-41-63(62)69(64(68)70)60-46-58(66(52-32-16-6-17-33-52)53-34-18-7-19-35-53)45-59(47-60)67(54-36-20-8-21-37-54)55-38-22-9-23-39-55/h4-10,12-47,61H,2-3,11H2,1H3/t61-/m1/s1. The van der Waals surface area contributed by atoms with Gasteiger partial charge < -0.3 is 14.7 Å². The average molecular weight is 908 g/mol. The summed E-state index contributed by atoms with van der Waals surface area (Å²) in [4.78, 5) is 22.9. The van der Waals surface area contributed by atoms with Crippen molar-refractivity contribution in [2.24, 2.45) is 0 Å². The van der Waals surface area contributed by atoms with Gasteiger partial charge in [-0.3, -0.25) is 9.13 Å². The number of imidazole rings is 1. The number of hydrogen-bond acceptors (Lipinski definition) is 4. The SMILES string of the molecule is CC[C@H](C1=CCCC=C1)c1cc(N(c2ccccc2)c2ccccc2)cc(-n2c(=O)n(-c3cc(N(c4ccccc4)c4ccccc4)cc(N(c4ccccc4)c4ccccc4)c3)c3ccccc32)c1. The fraction of sp³-hybridized carbons (Fsp3) is 0.0781. The van der Waals surface area contributed by atoms with E-state index in [1.807, 2.05) is 45.5 Å². The molecule has 6 nitrogen and oxygen atoms in total. The first kappa shape index (κ1) is 43.7. The molecule has 0 radical (unpaired) electrons. The molecule has 0 spiro atoms. The zero-order valence-corrected chi connectivity index (χ0v) is 39.2. The summed E-state index contributed by atoms with van der Waals surface area (Å²) in [7, 11) is 0. The minimum absolute atomic E-state index is 0.121. The minimum atomic E-state index is -0.167. The van der Waals surface area contributed by atoms with Crippen molar-refractivity contribution >= 4 is 62.2 Å². The molecule has 1 heterocycles. The van der Waals surface area contributed by atoms with E-state index < -0.39 is 0 Å². The fourth-order valence-electron chi connectivity index (χ4n) is 10.1. The minimum Gasteiger partial charge on any atom is -0.310 e. The normalized spacial score (nSPS) is 12.6. The first-order valence-corrected chi connectivity index (χ1v) is 24.2. The van der Waals surface area contributed by atoms with Crippen LogP contribution in [0.15, 0.2) is 271 Å². The van der Waals surface area contributed by atoms with Crippen molar-refractivity contribution in [1.29, 1.82) is 0 Å². The maximum Gasteiger partial charge on any atom is 0.338 e. The third-order valence-electron chi connectivity index (χ3n) is 13.2. The van der Waals surface area contributed by atoms with Crippen LogP contribution in [0.25, 0.3) is 22.4 Å². The summed E-state index contributed by atoms with van der Waals surface area (Å²) in [6.45, 7) is 2.26. The molecule has 1 aliphatic rings. The Labute approximate surface area is 410 Å². The molecule has 0 saturated heterocycles. The van der Waals surface area contributed by atoms with Crippen LogP contribution in [0.3, 0.4) is 0 Å². The lowest BCUT2D eigenvalue weighted by Gasteiger charge is -2.30. The van der Waals surface area contributed by atoms with Crippen molar-refractivity contribution in [3.05, 3.63) is 283 Å². The number of anilines is 9. The van der Waals surface area contributed by atoms with Gasteiger partial charge in [0.1, 0.15) is 0 Å². The Balaban J connectivity index is 1.19. The van der Waals surface area contributed by atoms with E-state index in [4.69, 9.17) is 0 Å². The highest BCUT2D eigenvalue weighted by molar-refractivity contribution is 5.87. The molecule has 0 N–H and O–H groups in total. The molecule has 0 saturated carbocycles. The van der Waals surface area contributed by atoms with Gasteiger partial charge in [0.2, 0.25) is 0 Å². The van der Waals surface area contributed by atoms with Crippen LogP contribution < -0.4 is 20.4 Å².